The summed E-state index contributed by atoms with van der Waals surface area (Å²) in [5.41, 5.74) is 2.60. The molecule has 0 bridgehead atoms. The molecule has 21 heavy (non-hydrogen) atoms. The molecule has 0 aromatic heterocycles. The summed E-state index contributed by atoms with van der Waals surface area (Å²) in [6, 6.07) is 8.85. The Morgan fingerprint density at radius 2 is 2.14 bits per heavy atom. The Morgan fingerprint density at radius 3 is 3.00 bits per heavy atom. The molecule has 2 aliphatic rings. The Kier molecular flexibility index (Phi) is 4.59. The van der Waals surface area contributed by atoms with Crippen LogP contribution in [0, 0.1) is 5.92 Å². The van der Waals surface area contributed by atoms with E-state index in [2.05, 4.69) is 41.8 Å². The lowest BCUT2D eigenvalue weighted by atomic mass is 9.82. The molecule has 3 atom stereocenters. The second-order valence-electron chi connectivity index (χ2n) is 6.57. The summed E-state index contributed by atoms with van der Waals surface area (Å²) >= 11 is 0. The molecule has 0 saturated carbocycles. The fourth-order valence-electron chi connectivity index (χ4n) is 3.75. The van der Waals surface area contributed by atoms with Gasteiger partial charge in [0.15, 0.2) is 0 Å². The van der Waals surface area contributed by atoms with E-state index < -0.39 is 0 Å². The molecular weight excluding hydrogens is 260 g/mol. The minimum Gasteiger partial charge on any atom is -0.354 e. The van der Waals surface area contributed by atoms with Gasteiger partial charge >= 0.3 is 0 Å². The van der Waals surface area contributed by atoms with Gasteiger partial charge in [-0.3, -0.25) is 4.79 Å². The summed E-state index contributed by atoms with van der Waals surface area (Å²) in [5, 5.41) is 6.72. The molecule has 2 N–H and O–H groups in total. The fraction of sp³-hybridized carbons (Fsp3) is 0.611. The van der Waals surface area contributed by atoms with Crippen LogP contribution in [-0.4, -0.2) is 25.0 Å². The highest BCUT2D eigenvalue weighted by molar-refractivity contribution is 5.84. The van der Waals surface area contributed by atoms with E-state index in [0.29, 0.717) is 12.0 Å². The standard InChI is InChI=1S/C18H26N2O/c1-13-6-5-11-19-17(13)12-20-18(21)16-10-4-8-14-7-2-3-9-15(14)16/h2-3,7,9,13,16-17,19H,4-6,8,10-12H2,1H3,(H,20,21). The molecule has 1 fully saturated rings. The van der Waals surface area contributed by atoms with Crippen molar-refractivity contribution in [3.8, 4) is 0 Å². The number of benzene rings is 1. The molecule has 0 radical (unpaired) electrons. The van der Waals surface area contributed by atoms with Crippen molar-refractivity contribution in [3.05, 3.63) is 35.4 Å². The highest BCUT2D eigenvalue weighted by Gasteiger charge is 2.27. The lowest BCUT2D eigenvalue weighted by Crippen LogP contribution is -2.48. The lowest BCUT2D eigenvalue weighted by Gasteiger charge is -2.31. The zero-order chi connectivity index (χ0) is 14.7. The van der Waals surface area contributed by atoms with Crippen molar-refractivity contribution < 1.29 is 4.79 Å². The van der Waals surface area contributed by atoms with Gasteiger partial charge in [0.05, 0.1) is 5.92 Å². The first-order valence-electron chi connectivity index (χ1n) is 8.34. The predicted octanol–water partition coefficient (Wildman–Crippen LogP) is 2.61. The van der Waals surface area contributed by atoms with Crippen LogP contribution in [0.2, 0.25) is 0 Å². The van der Waals surface area contributed by atoms with Gasteiger partial charge in [-0.05, 0) is 55.7 Å². The summed E-state index contributed by atoms with van der Waals surface area (Å²) in [4.78, 5) is 12.6. The molecule has 3 nitrogen and oxygen atoms in total. The molecule has 1 amide bonds. The third-order valence-electron chi connectivity index (χ3n) is 5.11. The van der Waals surface area contributed by atoms with Crippen LogP contribution in [0.25, 0.3) is 0 Å². The van der Waals surface area contributed by atoms with E-state index in [0.717, 1.165) is 32.4 Å². The number of piperidine rings is 1. The van der Waals surface area contributed by atoms with Crippen LogP contribution >= 0.6 is 0 Å². The van der Waals surface area contributed by atoms with Gasteiger partial charge in [-0.1, -0.05) is 31.2 Å². The minimum absolute atomic E-state index is 0.0499. The number of rotatable bonds is 3. The van der Waals surface area contributed by atoms with Crippen molar-refractivity contribution in [1.82, 2.24) is 10.6 Å². The third-order valence-corrected chi connectivity index (χ3v) is 5.11. The molecule has 3 rings (SSSR count). The summed E-state index contributed by atoms with van der Waals surface area (Å²) in [7, 11) is 0. The van der Waals surface area contributed by atoms with Gasteiger partial charge < -0.3 is 10.6 Å². The number of hydrogen-bond acceptors (Lipinski definition) is 2. The largest absolute Gasteiger partial charge is 0.354 e. The van der Waals surface area contributed by atoms with Crippen LogP contribution in [-0.2, 0) is 11.2 Å². The molecule has 114 valence electrons. The van der Waals surface area contributed by atoms with E-state index >= 15 is 0 Å². The highest BCUT2D eigenvalue weighted by atomic mass is 16.1. The maximum atomic E-state index is 12.6. The Bertz CT molecular complexity index is 500. The summed E-state index contributed by atoms with van der Waals surface area (Å²) in [5.74, 6) is 0.910. The lowest BCUT2D eigenvalue weighted by molar-refractivity contribution is -0.123. The number of hydrogen-bond donors (Lipinski definition) is 2. The van der Waals surface area contributed by atoms with Crippen molar-refractivity contribution in [3.63, 3.8) is 0 Å². The molecular formula is C18H26N2O. The first-order chi connectivity index (χ1) is 10.3. The molecule has 3 heteroatoms. The molecule has 3 unspecified atom stereocenters. The second kappa shape index (κ2) is 6.61. The average Bonchev–Trinajstić information content (AvgIpc) is 2.53. The van der Waals surface area contributed by atoms with E-state index in [-0.39, 0.29) is 11.8 Å². The van der Waals surface area contributed by atoms with Crippen molar-refractivity contribution in [2.75, 3.05) is 13.1 Å². The Morgan fingerprint density at radius 1 is 1.29 bits per heavy atom. The number of fused-ring (bicyclic) bond motifs is 1. The van der Waals surface area contributed by atoms with Crippen molar-refractivity contribution in [2.24, 2.45) is 5.92 Å². The number of nitrogens with one attached hydrogen (secondary N) is 2. The SMILES string of the molecule is CC1CCCNC1CNC(=O)C1CCCc2ccccc21. The first-order valence-corrected chi connectivity index (χ1v) is 8.34. The van der Waals surface area contributed by atoms with E-state index in [1.165, 1.54) is 24.0 Å². The normalized spacial score (nSPS) is 28.7. The highest BCUT2D eigenvalue weighted by Crippen LogP contribution is 2.31. The van der Waals surface area contributed by atoms with E-state index in [1.807, 2.05) is 0 Å². The average molecular weight is 286 g/mol. The molecule has 1 aromatic rings. The third kappa shape index (κ3) is 3.29. The Balaban J connectivity index is 1.61. The Labute approximate surface area is 127 Å². The van der Waals surface area contributed by atoms with E-state index in [9.17, 15) is 4.79 Å². The van der Waals surface area contributed by atoms with Crippen molar-refractivity contribution in [1.29, 1.82) is 0 Å². The van der Waals surface area contributed by atoms with Crippen molar-refractivity contribution >= 4 is 5.91 Å². The molecule has 1 aromatic carbocycles. The van der Waals surface area contributed by atoms with Gasteiger partial charge in [0.25, 0.3) is 0 Å². The first kappa shape index (κ1) is 14.6. The van der Waals surface area contributed by atoms with Crippen molar-refractivity contribution in [2.45, 2.75) is 51.0 Å². The summed E-state index contributed by atoms with van der Waals surface area (Å²) in [6.07, 6.45) is 5.73. The molecule has 1 aliphatic heterocycles. The predicted molar refractivity (Wildman–Crippen MR) is 85.3 cm³/mol. The van der Waals surface area contributed by atoms with Gasteiger partial charge in [0.2, 0.25) is 5.91 Å². The smallest absolute Gasteiger partial charge is 0.227 e. The van der Waals surface area contributed by atoms with Gasteiger partial charge in [-0.25, -0.2) is 0 Å². The second-order valence-corrected chi connectivity index (χ2v) is 6.57. The van der Waals surface area contributed by atoms with Crippen LogP contribution < -0.4 is 10.6 Å². The van der Waals surface area contributed by atoms with Crippen LogP contribution in [0.3, 0.4) is 0 Å². The quantitative estimate of drug-likeness (QED) is 0.897. The number of carbonyl (C=O) groups is 1. The van der Waals surface area contributed by atoms with Gasteiger partial charge in [0.1, 0.15) is 0 Å². The molecule has 0 spiro atoms. The number of carbonyl (C=O) groups excluding carboxylic acids is 1. The topological polar surface area (TPSA) is 41.1 Å². The van der Waals surface area contributed by atoms with Gasteiger partial charge in [0, 0.05) is 12.6 Å². The zero-order valence-corrected chi connectivity index (χ0v) is 12.9. The monoisotopic (exact) mass is 286 g/mol. The van der Waals surface area contributed by atoms with Crippen LogP contribution in [0.1, 0.15) is 49.7 Å². The Hall–Kier alpha value is -1.35. The van der Waals surface area contributed by atoms with Gasteiger partial charge in [-0.2, -0.15) is 0 Å². The summed E-state index contributed by atoms with van der Waals surface area (Å²) < 4.78 is 0. The van der Waals surface area contributed by atoms with Gasteiger partial charge in [-0.15, -0.1) is 0 Å². The minimum atomic E-state index is 0.0499. The van der Waals surface area contributed by atoms with E-state index in [4.69, 9.17) is 0 Å². The number of amides is 1. The maximum Gasteiger partial charge on any atom is 0.227 e. The molecule has 1 aliphatic carbocycles. The summed E-state index contributed by atoms with van der Waals surface area (Å²) in [6.45, 7) is 4.12. The van der Waals surface area contributed by atoms with Crippen LogP contribution in [0.5, 0.6) is 0 Å². The van der Waals surface area contributed by atoms with E-state index in [1.54, 1.807) is 0 Å². The van der Waals surface area contributed by atoms with Crippen LogP contribution in [0.4, 0.5) is 0 Å². The zero-order valence-electron chi connectivity index (χ0n) is 12.9. The van der Waals surface area contributed by atoms with Crippen LogP contribution in [0.15, 0.2) is 24.3 Å². The molecule has 1 heterocycles. The fourth-order valence-corrected chi connectivity index (χ4v) is 3.75. The number of aryl methyl sites for hydroxylation is 1. The molecule has 1 saturated heterocycles. The maximum absolute atomic E-state index is 12.6.